The minimum atomic E-state index is -0.317. The van der Waals surface area contributed by atoms with E-state index in [4.69, 9.17) is 16.3 Å². The molecule has 1 N–H and O–H groups in total. The Labute approximate surface area is 214 Å². The van der Waals surface area contributed by atoms with Crippen molar-refractivity contribution in [2.45, 2.75) is 22.6 Å². The molecule has 3 heterocycles. The van der Waals surface area contributed by atoms with E-state index in [1.165, 1.54) is 16.2 Å². The molecule has 3 fully saturated rings. The number of nitrogens with zero attached hydrogens (tertiary/aromatic N) is 1. The van der Waals surface area contributed by atoms with Gasteiger partial charge in [-0.1, -0.05) is 35.1 Å². The first-order valence-electron chi connectivity index (χ1n) is 11.6. The van der Waals surface area contributed by atoms with E-state index < -0.39 is 0 Å². The number of ether oxygens (including phenoxy) is 1. The number of hydrogen-bond donors (Lipinski definition) is 1. The van der Waals surface area contributed by atoms with Crippen LogP contribution in [0.1, 0.15) is 22.8 Å². The number of imide groups is 1. The Hall–Kier alpha value is -2.55. The van der Waals surface area contributed by atoms with E-state index in [0.717, 1.165) is 27.6 Å². The Bertz CT molecular complexity index is 1420. The van der Waals surface area contributed by atoms with Crippen LogP contribution >= 0.6 is 34.7 Å². The molecule has 6 nitrogen and oxygen atoms in total. The molecule has 9 heteroatoms. The van der Waals surface area contributed by atoms with E-state index in [9.17, 15) is 14.4 Å². The first-order valence-corrected chi connectivity index (χ1v) is 13.7. The smallest absolute Gasteiger partial charge is 0.305 e. The molecule has 2 amide bonds. The van der Waals surface area contributed by atoms with Crippen molar-refractivity contribution in [3.8, 4) is 5.75 Å². The third-order valence-corrected chi connectivity index (χ3v) is 11.1. The van der Waals surface area contributed by atoms with Crippen LogP contribution in [0.3, 0.4) is 0 Å². The van der Waals surface area contributed by atoms with Crippen LogP contribution in [0, 0.1) is 29.6 Å². The number of carbonyl (C=O) groups is 2. The molecule has 7 rings (SSSR count). The third-order valence-electron chi connectivity index (χ3n) is 8.28. The largest absolute Gasteiger partial charge is 0.497 e. The molecule has 1 saturated heterocycles. The maximum atomic E-state index is 13.7. The van der Waals surface area contributed by atoms with Gasteiger partial charge in [-0.15, -0.1) is 11.8 Å². The summed E-state index contributed by atoms with van der Waals surface area (Å²) in [4.78, 5) is 45.1. The van der Waals surface area contributed by atoms with E-state index in [0.29, 0.717) is 10.7 Å². The van der Waals surface area contributed by atoms with E-state index in [1.54, 1.807) is 43.1 Å². The molecular weight excluding hydrogens is 504 g/mol. The third kappa shape index (κ3) is 2.99. The van der Waals surface area contributed by atoms with Crippen LogP contribution in [0.25, 0.3) is 0 Å². The Morgan fingerprint density at radius 2 is 1.66 bits per heavy atom. The predicted octanol–water partition coefficient (Wildman–Crippen LogP) is 4.78. The number of aromatic amines is 1. The summed E-state index contributed by atoms with van der Waals surface area (Å²) in [6, 6.07) is 14.9. The SMILES string of the molecule is COc1ccc(C2c3sc(=O)[nH]c3SC3C4CC(C5C(=O)N(c6ccc(Cl)cc6)C(=O)C45)C23)cc1. The topological polar surface area (TPSA) is 79.5 Å². The average Bonchev–Trinajstić information content (AvgIpc) is 3.59. The monoisotopic (exact) mass is 524 g/mol. The second-order valence-corrected chi connectivity index (χ2v) is 12.4. The number of methoxy groups -OCH3 is 1. The highest BCUT2D eigenvalue weighted by Crippen LogP contribution is 2.68. The fraction of sp³-hybridized carbons (Fsp3) is 0.346. The van der Waals surface area contributed by atoms with Gasteiger partial charge in [-0.05, 0) is 66.1 Å². The number of fused-ring (bicyclic) bond motifs is 9. The van der Waals surface area contributed by atoms with Gasteiger partial charge in [-0.2, -0.15) is 0 Å². The Kier molecular flexibility index (Phi) is 4.79. The zero-order valence-corrected chi connectivity index (χ0v) is 21.0. The highest BCUT2D eigenvalue weighted by Gasteiger charge is 2.69. The van der Waals surface area contributed by atoms with Crippen molar-refractivity contribution in [3.63, 3.8) is 0 Å². The number of halogens is 1. The number of thioether (sulfide) groups is 1. The van der Waals surface area contributed by atoms with Gasteiger partial charge >= 0.3 is 4.87 Å². The lowest BCUT2D eigenvalue weighted by molar-refractivity contribution is -0.123. The van der Waals surface area contributed by atoms with Crippen molar-refractivity contribution < 1.29 is 14.3 Å². The summed E-state index contributed by atoms with van der Waals surface area (Å²) in [5.74, 6) is 0.346. The molecule has 178 valence electrons. The number of H-pyrrole nitrogens is 1. The molecule has 7 atom stereocenters. The highest BCUT2D eigenvalue weighted by molar-refractivity contribution is 8.00. The molecule has 7 unspecified atom stereocenters. The van der Waals surface area contributed by atoms with Gasteiger partial charge in [-0.25, -0.2) is 0 Å². The van der Waals surface area contributed by atoms with Crippen molar-refractivity contribution in [2.24, 2.45) is 29.6 Å². The van der Waals surface area contributed by atoms with Crippen LogP contribution in [0.15, 0.2) is 58.4 Å². The number of aromatic nitrogens is 1. The molecule has 2 saturated carbocycles. The lowest BCUT2D eigenvalue weighted by Crippen LogP contribution is -2.42. The number of nitrogens with one attached hydrogen (secondary N) is 1. The van der Waals surface area contributed by atoms with Crippen molar-refractivity contribution in [1.82, 2.24) is 4.98 Å². The van der Waals surface area contributed by atoms with Crippen molar-refractivity contribution in [1.29, 1.82) is 0 Å². The molecule has 2 bridgehead atoms. The fourth-order valence-electron chi connectivity index (χ4n) is 7.05. The summed E-state index contributed by atoms with van der Waals surface area (Å²) < 4.78 is 5.36. The standard InChI is InChI=1S/C26H21ClN2O4S2/c1-33-14-8-2-11(3-9-14)17-18-15-10-16(21(18)34-23-22(17)35-26(32)28-23)20-19(15)24(30)29(25(20)31)13-6-4-12(27)5-7-13/h2-9,15-21H,10H2,1H3,(H,28,32). The van der Waals surface area contributed by atoms with Gasteiger partial charge < -0.3 is 9.72 Å². The second-order valence-electron chi connectivity index (χ2n) is 9.72. The lowest BCUT2D eigenvalue weighted by atomic mass is 9.68. The van der Waals surface area contributed by atoms with E-state index in [-0.39, 0.29) is 57.4 Å². The van der Waals surface area contributed by atoms with Gasteiger partial charge in [0.2, 0.25) is 11.8 Å². The summed E-state index contributed by atoms with van der Waals surface area (Å²) in [6.45, 7) is 0. The van der Waals surface area contributed by atoms with Crippen LogP contribution in [-0.2, 0) is 9.59 Å². The molecule has 2 aliphatic carbocycles. The van der Waals surface area contributed by atoms with Gasteiger partial charge in [0.25, 0.3) is 0 Å². The number of anilines is 1. The van der Waals surface area contributed by atoms with Gasteiger partial charge in [0.1, 0.15) is 5.75 Å². The zero-order valence-electron chi connectivity index (χ0n) is 18.6. The molecule has 2 aliphatic heterocycles. The first kappa shape index (κ1) is 21.7. The second kappa shape index (κ2) is 7.72. The van der Waals surface area contributed by atoms with E-state index in [2.05, 4.69) is 17.1 Å². The minimum Gasteiger partial charge on any atom is -0.497 e. The van der Waals surface area contributed by atoms with Gasteiger partial charge in [0.05, 0.1) is 29.7 Å². The van der Waals surface area contributed by atoms with Crippen LogP contribution in [-0.4, -0.2) is 29.2 Å². The number of rotatable bonds is 3. The van der Waals surface area contributed by atoms with Gasteiger partial charge in [-0.3, -0.25) is 19.3 Å². The summed E-state index contributed by atoms with van der Waals surface area (Å²) in [5.41, 5.74) is 1.71. The maximum absolute atomic E-state index is 13.7. The Balaban J connectivity index is 1.31. The zero-order chi connectivity index (χ0) is 24.0. The molecule has 35 heavy (non-hydrogen) atoms. The van der Waals surface area contributed by atoms with Gasteiger partial charge in [0.15, 0.2) is 0 Å². The molecule has 0 spiro atoms. The summed E-state index contributed by atoms with van der Waals surface area (Å²) >= 11 is 9.01. The molecule has 2 aromatic carbocycles. The normalized spacial score (nSPS) is 32.5. The summed E-state index contributed by atoms with van der Waals surface area (Å²) in [5, 5.41) is 1.66. The van der Waals surface area contributed by atoms with Crippen molar-refractivity contribution >= 4 is 52.2 Å². The quantitative estimate of drug-likeness (QED) is 0.499. The van der Waals surface area contributed by atoms with E-state index >= 15 is 0 Å². The number of hydrogen-bond acceptors (Lipinski definition) is 6. The fourth-order valence-corrected chi connectivity index (χ4v) is 10.1. The van der Waals surface area contributed by atoms with Crippen LogP contribution in [0.5, 0.6) is 5.75 Å². The predicted molar refractivity (Wildman–Crippen MR) is 135 cm³/mol. The van der Waals surface area contributed by atoms with E-state index in [1.807, 2.05) is 12.1 Å². The Morgan fingerprint density at radius 1 is 0.971 bits per heavy atom. The number of thiazole rings is 1. The van der Waals surface area contributed by atoms with Crippen molar-refractivity contribution in [3.05, 3.63) is 73.7 Å². The Morgan fingerprint density at radius 3 is 2.34 bits per heavy atom. The number of amides is 2. The van der Waals surface area contributed by atoms with Gasteiger partial charge in [0, 0.05) is 21.1 Å². The molecular formula is C26H21ClN2O4S2. The molecule has 0 radical (unpaired) electrons. The summed E-state index contributed by atoms with van der Waals surface area (Å²) in [6.07, 6.45) is 0.870. The molecule has 3 aromatic rings. The highest BCUT2D eigenvalue weighted by atomic mass is 35.5. The maximum Gasteiger partial charge on any atom is 0.305 e. The average molecular weight is 525 g/mol. The van der Waals surface area contributed by atoms with Crippen LogP contribution in [0.2, 0.25) is 5.02 Å². The minimum absolute atomic E-state index is 0.00883. The van der Waals surface area contributed by atoms with Crippen LogP contribution in [0.4, 0.5) is 5.69 Å². The number of carbonyl (C=O) groups excluding carboxylic acids is 2. The van der Waals surface area contributed by atoms with Crippen LogP contribution < -0.4 is 14.5 Å². The number of benzene rings is 2. The van der Waals surface area contributed by atoms with Crippen molar-refractivity contribution in [2.75, 3.05) is 12.0 Å². The first-order chi connectivity index (χ1) is 17.0. The molecule has 1 aromatic heterocycles. The molecule has 4 aliphatic rings. The lowest BCUT2D eigenvalue weighted by Gasteiger charge is -2.43. The summed E-state index contributed by atoms with van der Waals surface area (Å²) in [7, 11) is 1.64.